The zero-order chi connectivity index (χ0) is 12.2. The van der Waals surface area contributed by atoms with Crippen LogP contribution in [0.2, 0.25) is 0 Å². The van der Waals surface area contributed by atoms with Crippen LogP contribution in [0, 0.1) is 0 Å². The molecule has 1 aromatic rings. The molecule has 0 saturated heterocycles. The first-order valence-corrected chi connectivity index (χ1v) is 4.91. The van der Waals surface area contributed by atoms with Crippen LogP contribution in [0.3, 0.4) is 0 Å². The van der Waals surface area contributed by atoms with Crippen LogP contribution in [-0.2, 0) is 0 Å². The van der Waals surface area contributed by atoms with Crippen LogP contribution in [-0.4, -0.2) is 18.0 Å². The summed E-state index contributed by atoms with van der Waals surface area (Å²) in [5.74, 6) is -0.598. The molecule has 16 heavy (non-hydrogen) atoms. The summed E-state index contributed by atoms with van der Waals surface area (Å²) in [5, 5.41) is 0. The van der Waals surface area contributed by atoms with E-state index < -0.39 is 12.1 Å². The van der Waals surface area contributed by atoms with E-state index in [1.807, 2.05) is 0 Å². The number of rotatable bonds is 4. The van der Waals surface area contributed by atoms with Crippen LogP contribution >= 0.6 is 11.6 Å². The molecule has 1 rings (SSSR count). The van der Waals surface area contributed by atoms with Crippen LogP contribution in [0.25, 0.3) is 0 Å². The predicted molar refractivity (Wildman–Crippen MR) is 52.8 cm³/mol. The monoisotopic (exact) mass is 252 g/mol. The minimum absolute atomic E-state index is 0.0804. The first kappa shape index (κ1) is 12.8. The molecule has 2 nitrogen and oxygen atoms in total. The fourth-order valence-electron chi connectivity index (χ4n) is 1.10. The second-order valence-corrected chi connectivity index (χ2v) is 3.32. The number of hydrogen-bond donors (Lipinski definition) is 0. The van der Waals surface area contributed by atoms with Crippen molar-refractivity contribution in [1.82, 2.24) is 0 Å². The van der Waals surface area contributed by atoms with Gasteiger partial charge in [-0.25, -0.2) is 0 Å². The summed E-state index contributed by atoms with van der Waals surface area (Å²) in [6.45, 7) is 0. The smallest absolute Gasteiger partial charge is 0.406 e. The molecule has 0 heterocycles. The van der Waals surface area contributed by atoms with Gasteiger partial charge in [-0.05, 0) is 12.1 Å². The molecule has 0 fully saturated rings. The zero-order valence-electron chi connectivity index (χ0n) is 8.05. The molecule has 0 saturated carbocycles. The Hall–Kier alpha value is -1.23. The standard InChI is InChI=1S/C10H8ClF3O2/c11-5-4-9(15)7-2-1-3-8(6-7)16-10(12,13)14/h1-3,6H,4-5H2. The molecule has 0 bridgehead atoms. The maximum absolute atomic E-state index is 11.9. The minimum atomic E-state index is -4.76. The number of benzene rings is 1. The molecule has 0 aliphatic heterocycles. The van der Waals surface area contributed by atoms with Gasteiger partial charge in [0.2, 0.25) is 0 Å². The first-order valence-electron chi connectivity index (χ1n) is 4.37. The van der Waals surface area contributed by atoms with Gasteiger partial charge in [0, 0.05) is 17.9 Å². The molecule has 0 spiro atoms. The third kappa shape index (κ3) is 4.10. The van der Waals surface area contributed by atoms with Crippen molar-refractivity contribution in [2.45, 2.75) is 12.8 Å². The second kappa shape index (κ2) is 5.21. The van der Waals surface area contributed by atoms with E-state index in [2.05, 4.69) is 4.74 Å². The maximum Gasteiger partial charge on any atom is 0.573 e. The number of halogens is 4. The molecule has 0 atom stereocenters. The lowest BCUT2D eigenvalue weighted by molar-refractivity contribution is -0.274. The highest BCUT2D eigenvalue weighted by atomic mass is 35.5. The van der Waals surface area contributed by atoms with Crippen molar-refractivity contribution >= 4 is 17.4 Å². The Morgan fingerprint density at radius 3 is 2.62 bits per heavy atom. The van der Waals surface area contributed by atoms with E-state index >= 15 is 0 Å². The molecule has 0 N–H and O–H groups in total. The number of carbonyl (C=O) groups is 1. The molecular weight excluding hydrogens is 245 g/mol. The van der Waals surface area contributed by atoms with Crippen molar-refractivity contribution in [2.75, 3.05) is 5.88 Å². The lowest BCUT2D eigenvalue weighted by Crippen LogP contribution is -2.17. The van der Waals surface area contributed by atoms with E-state index in [-0.39, 0.29) is 23.6 Å². The number of carbonyl (C=O) groups excluding carboxylic acids is 1. The SMILES string of the molecule is O=C(CCCl)c1cccc(OC(F)(F)F)c1. The summed E-state index contributed by atoms with van der Waals surface area (Å²) in [6.07, 6.45) is -4.68. The van der Waals surface area contributed by atoms with Crippen molar-refractivity contribution in [3.8, 4) is 5.75 Å². The van der Waals surface area contributed by atoms with Crippen molar-refractivity contribution in [1.29, 1.82) is 0 Å². The van der Waals surface area contributed by atoms with Gasteiger partial charge in [-0.1, -0.05) is 12.1 Å². The molecular formula is C10H8ClF3O2. The lowest BCUT2D eigenvalue weighted by Gasteiger charge is -2.09. The molecule has 0 radical (unpaired) electrons. The van der Waals surface area contributed by atoms with Gasteiger partial charge in [-0.3, -0.25) is 4.79 Å². The number of Topliss-reactive ketones (excluding diaryl/α,β-unsaturated/α-hetero) is 1. The van der Waals surface area contributed by atoms with Gasteiger partial charge >= 0.3 is 6.36 Å². The summed E-state index contributed by atoms with van der Waals surface area (Å²) < 4.78 is 39.4. The predicted octanol–water partition coefficient (Wildman–Crippen LogP) is 3.40. The van der Waals surface area contributed by atoms with Gasteiger partial charge in [0.25, 0.3) is 0 Å². The van der Waals surface area contributed by atoms with Gasteiger partial charge in [-0.2, -0.15) is 0 Å². The maximum atomic E-state index is 11.9. The van der Waals surface area contributed by atoms with E-state index in [0.29, 0.717) is 0 Å². The number of ketones is 1. The highest BCUT2D eigenvalue weighted by Gasteiger charge is 2.31. The molecule has 88 valence electrons. The second-order valence-electron chi connectivity index (χ2n) is 2.94. The highest BCUT2D eigenvalue weighted by molar-refractivity contribution is 6.19. The largest absolute Gasteiger partial charge is 0.573 e. The van der Waals surface area contributed by atoms with E-state index in [9.17, 15) is 18.0 Å². The van der Waals surface area contributed by atoms with Crippen molar-refractivity contribution in [3.05, 3.63) is 29.8 Å². The Labute approximate surface area is 95.0 Å². The Bertz CT molecular complexity index is 377. The van der Waals surface area contributed by atoms with E-state index in [1.165, 1.54) is 12.1 Å². The summed E-state index contributed by atoms with van der Waals surface area (Å²) in [4.78, 5) is 11.3. The Morgan fingerprint density at radius 1 is 1.38 bits per heavy atom. The summed E-state index contributed by atoms with van der Waals surface area (Å²) in [6, 6.07) is 4.91. The average molecular weight is 253 g/mol. The molecule has 6 heteroatoms. The molecule has 1 aromatic carbocycles. The average Bonchev–Trinajstić information content (AvgIpc) is 2.16. The van der Waals surface area contributed by atoms with E-state index in [0.717, 1.165) is 12.1 Å². The van der Waals surface area contributed by atoms with Crippen LogP contribution < -0.4 is 4.74 Å². The quantitative estimate of drug-likeness (QED) is 0.606. The van der Waals surface area contributed by atoms with Gasteiger partial charge < -0.3 is 4.74 Å². The van der Waals surface area contributed by atoms with Gasteiger partial charge in [0.05, 0.1) is 0 Å². The molecule has 0 unspecified atom stereocenters. The van der Waals surface area contributed by atoms with Crippen LogP contribution in [0.4, 0.5) is 13.2 Å². The Morgan fingerprint density at radius 2 is 2.06 bits per heavy atom. The Kier molecular flexibility index (Phi) is 4.18. The summed E-state index contributed by atoms with van der Waals surface area (Å²) >= 11 is 5.36. The van der Waals surface area contributed by atoms with Crippen LogP contribution in [0.5, 0.6) is 5.75 Å². The third-order valence-electron chi connectivity index (χ3n) is 1.71. The summed E-state index contributed by atoms with van der Waals surface area (Å²) in [5.41, 5.74) is 0.155. The van der Waals surface area contributed by atoms with E-state index in [4.69, 9.17) is 11.6 Å². The van der Waals surface area contributed by atoms with Crippen molar-refractivity contribution in [3.63, 3.8) is 0 Å². The molecule has 0 aliphatic carbocycles. The van der Waals surface area contributed by atoms with Gasteiger partial charge in [-0.15, -0.1) is 24.8 Å². The Balaban J connectivity index is 2.83. The molecule has 0 aromatic heterocycles. The minimum Gasteiger partial charge on any atom is -0.406 e. The number of alkyl halides is 4. The lowest BCUT2D eigenvalue weighted by atomic mass is 10.1. The number of ether oxygens (including phenoxy) is 1. The van der Waals surface area contributed by atoms with Gasteiger partial charge in [0.15, 0.2) is 5.78 Å². The highest BCUT2D eigenvalue weighted by Crippen LogP contribution is 2.23. The fraction of sp³-hybridized carbons (Fsp3) is 0.300. The topological polar surface area (TPSA) is 26.3 Å². The van der Waals surface area contributed by atoms with Crippen LogP contribution in [0.1, 0.15) is 16.8 Å². The molecule has 0 aliphatic rings. The molecule has 0 amide bonds. The van der Waals surface area contributed by atoms with Gasteiger partial charge in [0.1, 0.15) is 5.75 Å². The van der Waals surface area contributed by atoms with E-state index in [1.54, 1.807) is 0 Å². The first-order chi connectivity index (χ1) is 7.42. The van der Waals surface area contributed by atoms with Crippen molar-refractivity contribution < 1.29 is 22.7 Å². The normalized spacial score (nSPS) is 11.2. The van der Waals surface area contributed by atoms with Crippen molar-refractivity contribution in [2.24, 2.45) is 0 Å². The van der Waals surface area contributed by atoms with Crippen LogP contribution in [0.15, 0.2) is 24.3 Å². The fourth-order valence-corrected chi connectivity index (χ4v) is 1.27. The number of hydrogen-bond acceptors (Lipinski definition) is 2. The zero-order valence-corrected chi connectivity index (χ0v) is 8.81. The summed E-state index contributed by atoms with van der Waals surface area (Å²) in [7, 11) is 0. The third-order valence-corrected chi connectivity index (χ3v) is 1.90.